The van der Waals surface area contributed by atoms with Crippen LogP contribution in [0.1, 0.15) is 44.3 Å². The second kappa shape index (κ2) is 7.43. The lowest BCUT2D eigenvalue weighted by Crippen LogP contribution is -2.31. The topological polar surface area (TPSA) is 39.1 Å². The van der Waals surface area contributed by atoms with E-state index >= 15 is 0 Å². The van der Waals surface area contributed by atoms with E-state index in [0.29, 0.717) is 12.5 Å². The molecule has 114 valence electrons. The minimum Gasteiger partial charge on any atom is -0.383 e. The third kappa shape index (κ3) is 3.54. The number of methoxy groups -OCH3 is 1. The van der Waals surface area contributed by atoms with Crippen molar-refractivity contribution in [2.45, 2.75) is 45.2 Å². The first kappa shape index (κ1) is 15.8. The van der Waals surface area contributed by atoms with Crippen LogP contribution in [-0.4, -0.2) is 30.5 Å². The van der Waals surface area contributed by atoms with Gasteiger partial charge >= 0.3 is 0 Å². The summed E-state index contributed by atoms with van der Waals surface area (Å²) in [6.45, 7) is 3.75. The van der Waals surface area contributed by atoms with Crippen molar-refractivity contribution >= 4 is 11.6 Å². The van der Waals surface area contributed by atoms with Gasteiger partial charge in [0.1, 0.15) is 0 Å². The van der Waals surface area contributed by atoms with Crippen LogP contribution in [0.25, 0.3) is 0 Å². The van der Waals surface area contributed by atoms with Crippen molar-refractivity contribution in [3.8, 4) is 0 Å². The van der Waals surface area contributed by atoms with Crippen LogP contribution in [0.2, 0.25) is 5.02 Å². The Morgan fingerprint density at radius 2 is 2.35 bits per heavy atom. The van der Waals surface area contributed by atoms with Crippen LogP contribution >= 0.6 is 11.6 Å². The van der Waals surface area contributed by atoms with Crippen LogP contribution in [0.4, 0.5) is 0 Å². The number of nitrogens with zero attached hydrogens (tertiary/aromatic N) is 2. The first-order valence-corrected chi connectivity index (χ1v) is 7.92. The summed E-state index contributed by atoms with van der Waals surface area (Å²) >= 11 is 6.39. The molecule has 0 spiro atoms. The quantitative estimate of drug-likeness (QED) is 0.876. The molecule has 1 heterocycles. The van der Waals surface area contributed by atoms with E-state index in [-0.39, 0.29) is 6.04 Å². The molecule has 1 aromatic heterocycles. The summed E-state index contributed by atoms with van der Waals surface area (Å²) in [7, 11) is 3.73. The predicted molar refractivity (Wildman–Crippen MR) is 82.0 cm³/mol. The number of halogens is 1. The summed E-state index contributed by atoms with van der Waals surface area (Å²) in [6, 6.07) is 0.282. The van der Waals surface area contributed by atoms with Crippen LogP contribution in [-0.2, 0) is 11.3 Å². The lowest BCUT2D eigenvalue weighted by atomic mass is 9.77. The molecule has 1 fully saturated rings. The molecule has 1 aliphatic rings. The first-order valence-electron chi connectivity index (χ1n) is 7.54. The third-order valence-electron chi connectivity index (χ3n) is 4.39. The fourth-order valence-corrected chi connectivity index (χ4v) is 3.68. The van der Waals surface area contributed by atoms with Crippen molar-refractivity contribution in [3.63, 3.8) is 0 Å². The molecule has 20 heavy (non-hydrogen) atoms. The summed E-state index contributed by atoms with van der Waals surface area (Å²) in [6.07, 6.45) is 6.94. The Kier molecular flexibility index (Phi) is 5.87. The van der Waals surface area contributed by atoms with Crippen molar-refractivity contribution in [2.24, 2.45) is 11.8 Å². The van der Waals surface area contributed by atoms with Gasteiger partial charge in [0.05, 0.1) is 36.1 Å². The van der Waals surface area contributed by atoms with Gasteiger partial charge in [0.15, 0.2) is 0 Å². The van der Waals surface area contributed by atoms with Gasteiger partial charge in [-0.15, -0.1) is 0 Å². The number of rotatable bonds is 6. The van der Waals surface area contributed by atoms with Crippen LogP contribution in [0, 0.1) is 11.8 Å². The SMILES string of the molecule is CNC(c1c(Cl)cnn1CCOC)C1CCCC(C)C1. The molecule has 2 rings (SSSR count). The summed E-state index contributed by atoms with van der Waals surface area (Å²) in [5, 5.41) is 8.63. The Hall–Kier alpha value is -0.580. The third-order valence-corrected chi connectivity index (χ3v) is 4.69. The fourth-order valence-electron chi connectivity index (χ4n) is 3.42. The van der Waals surface area contributed by atoms with Crippen LogP contribution < -0.4 is 5.32 Å². The molecule has 1 aliphatic carbocycles. The van der Waals surface area contributed by atoms with Gasteiger partial charge in [-0.1, -0.05) is 31.4 Å². The highest BCUT2D eigenvalue weighted by Crippen LogP contribution is 2.38. The lowest BCUT2D eigenvalue weighted by molar-refractivity contribution is 0.177. The van der Waals surface area contributed by atoms with Gasteiger partial charge in [-0.3, -0.25) is 4.68 Å². The van der Waals surface area contributed by atoms with Gasteiger partial charge in [-0.2, -0.15) is 5.10 Å². The number of nitrogens with one attached hydrogen (secondary N) is 1. The minimum absolute atomic E-state index is 0.282. The molecule has 1 N–H and O–H groups in total. The van der Waals surface area contributed by atoms with E-state index in [9.17, 15) is 0 Å². The number of hydrogen-bond donors (Lipinski definition) is 1. The van der Waals surface area contributed by atoms with Crippen molar-refractivity contribution < 1.29 is 4.74 Å². The van der Waals surface area contributed by atoms with E-state index in [2.05, 4.69) is 17.3 Å². The zero-order valence-electron chi connectivity index (χ0n) is 12.7. The largest absolute Gasteiger partial charge is 0.383 e. The Balaban J connectivity index is 2.19. The molecule has 1 saturated carbocycles. The van der Waals surface area contributed by atoms with E-state index in [1.165, 1.54) is 25.7 Å². The Bertz CT molecular complexity index is 421. The van der Waals surface area contributed by atoms with Crippen molar-refractivity contribution in [1.29, 1.82) is 0 Å². The van der Waals surface area contributed by atoms with E-state index in [4.69, 9.17) is 16.3 Å². The second-order valence-corrected chi connectivity index (χ2v) is 6.30. The van der Waals surface area contributed by atoms with Crippen molar-refractivity contribution in [3.05, 3.63) is 16.9 Å². The normalized spacial score (nSPS) is 24.8. The summed E-state index contributed by atoms with van der Waals surface area (Å²) in [4.78, 5) is 0. The molecule has 1 aromatic rings. The zero-order chi connectivity index (χ0) is 14.5. The van der Waals surface area contributed by atoms with Crippen molar-refractivity contribution in [1.82, 2.24) is 15.1 Å². The molecule has 5 heteroatoms. The van der Waals surface area contributed by atoms with Crippen LogP contribution in [0.5, 0.6) is 0 Å². The predicted octanol–water partition coefficient (Wildman–Crippen LogP) is 3.27. The molecule has 0 bridgehead atoms. The average molecular weight is 300 g/mol. The maximum absolute atomic E-state index is 6.39. The van der Waals surface area contributed by atoms with E-state index in [0.717, 1.165) is 23.2 Å². The molecule has 3 atom stereocenters. The highest BCUT2D eigenvalue weighted by Gasteiger charge is 2.30. The molecule has 0 amide bonds. The molecule has 4 nitrogen and oxygen atoms in total. The van der Waals surface area contributed by atoms with Gasteiger partial charge in [-0.05, 0) is 31.7 Å². The molecule has 0 radical (unpaired) electrons. The standard InChI is InChI=1S/C15H26ClN3O/c1-11-5-4-6-12(9-11)14(17-2)15-13(16)10-18-19(15)7-8-20-3/h10-12,14,17H,4-9H2,1-3H3. The van der Waals surface area contributed by atoms with E-state index in [1.807, 2.05) is 11.7 Å². The van der Waals surface area contributed by atoms with E-state index in [1.54, 1.807) is 13.3 Å². The smallest absolute Gasteiger partial charge is 0.0834 e. The molecular weight excluding hydrogens is 274 g/mol. The summed E-state index contributed by atoms with van der Waals surface area (Å²) in [5.74, 6) is 1.44. The van der Waals surface area contributed by atoms with Gasteiger partial charge in [0.2, 0.25) is 0 Å². The highest BCUT2D eigenvalue weighted by molar-refractivity contribution is 6.31. The van der Waals surface area contributed by atoms with Crippen LogP contribution in [0.3, 0.4) is 0 Å². The fraction of sp³-hybridized carbons (Fsp3) is 0.800. The summed E-state index contributed by atoms with van der Waals surface area (Å²) in [5.41, 5.74) is 1.12. The monoisotopic (exact) mass is 299 g/mol. The molecule has 0 aromatic carbocycles. The Morgan fingerprint density at radius 3 is 3.00 bits per heavy atom. The summed E-state index contributed by atoms with van der Waals surface area (Å²) < 4.78 is 7.15. The van der Waals surface area contributed by atoms with Crippen LogP contribution in [0.15, 0.2) is 6.20 Å². The van der Waals surface area contributed by atoms with Gasteiger partial charge in [0.25, 0.3) is 0 Å². The highest BCUT2D eigenvalue weighted by atomic mass is 35.5. The first-order chi connectivity index (χ1) is 9.67. The molecule has 3 unspecified atom stereocenters. The number of aromatic nitrogens is 2. The second-order valence-electron chi connectivity index (χ2n) is 5.89. The van der Waals surface area contributed by atoms with Gasteiger partial charge in [-0.25, -0.2) is 0 Å². The molecule has 0 saturated heterocycles. The van der Waals surface area contributed by atoms with Crippen molar-refractivity contribution in [2.75, 3.05) is 20.8 Å². The van der Waals surface area contributed by atoms with Gasteiger partial charge in [0, 0.05) is 7.11 Å². The maximum atomic E-state index is 6.39. The Morgan fingerprint density at radius 1 is 1.55 bits per heavy atom. The zero-order valence-corrected chi connectivity index (χ0v) is 13.5. The average Bonchev–Trinajstić information content (AvgIpc) is 2.79. The minimum atomic E-state index is 0.282. The van der Waals surface area contributed by atoms with E-state index < -0.39 is 0 Å². The lowest BCUT2D eigenvalue weighted by Gasteiger charge is -2.33. The maximum Gasteiger partial charge on any atom is 0.0834 e. The number of hydrogen-bond acceptors (Lipinski definition) is 3. The molecular formula is C15H26ClN3O. The number of ether oxygens (including phenoxy) is 1. The molecule has 0 aliphatic heterocycles. The Labute approximate surface area is 126 Å². The van der Waals surface area contributed by atoms with Gasteiger partial charge < -0.3 is 10.1 Å².